The second-order valence-corrected chi connectivity index (χ2v) is 3.72. The van der Waals surface area contributed by atoms with Crippen molar-refractivity contribution in [3.8, 4) is 0 Å². The zero-order valence-electron chi connectivity index (χ0n) is 9.65. The number of carbonyl (C=O) groups excluding carboxylic acids is 1. The van der Waals surface area contributed by atoms with Crippen LogP contribution >= 0.6 is 0 Å². The molecular formula is C12H11F2N3O. The highest BCUT2D eigenvalue weighted by Crippen LogP contribution is 2.19. The molecule has 0 spiro atoms. The summed E-state index contributed by atoms with van der Waals surface area (Å²) in [6.07, 6.45) is 3.06. The lowest BCUT2D eigenvalue weighted by Crippen LogP contribution is -2.13. The van der Waals surface area contributed by atoms with E-state index in [0.29, 0.717) is 12.6 Å². The van der Waals surface area contributed by atoms with Crippen molar-refractivity contribution in [3.05, 3.63) is 47.5 Å². The lowest BCUT2D eigenvalue weighted by molar-refractivity contribution is 0.102. The number of aromatic nitrogens is 2. The summed E-state index contributed by atoms with van der Waals surface area (Å²) in [6.45, 7) is 2.35. The largest absolute Gasteiger partial charge is 0.396 e. The van der Waals surface area contributed by atoms with Gasteiger partial charge in [-0.1, -0.05) is 0 Å². The molecule has 1 aromatic heterocycles. The Kier molecular flexibility index (Phi) is 3.10. The third kappa shape index (κ3) is 1.97. The maximum Gasteiger partial charge on any atom is 0.231 e. The first-order valence-corrected chi connectivity index (χ1v) is 5.35. The third-order valence-corrected chi connectivity index (χ3v) is 2.59. The third-order valence-electron chi connectivity index (χ3n) is 2.59. The van der Waals surface area contributed by atoms with E-state index in [2.05, 4.69) is 4.98 Å². The molecule has 6 heteroatoms. The minimum absolute atomic E-state index is 0.0995. The van der Waals surface area contributed by atoms with E-state index >= 15 is 0 Å². The quantitative estimate of drug-likeness (QED) is 0.670. The van der Waals surface area contributed by atoms with E-state index in [1.165, 1.54) is 6.20 Å². The van der Waals surface area contributed by atoms with E-state index in [4.69, 9.17) is 5.73 Å². The first kappa shape index (κ1) is 12.2. The lowest BCUT2D eigenvalue weighted by Gasteiger charge is -2.06. The molecule has 0 atom stereocenters. The van der Waals surface area contributed by atoms with Crippen molar-refractivity contribution in [1.29, 1.82) is 0 Å². The summed E-state index contributed by atoms with van der Waals surface area (Å²) in [5, 5.41) is 0. The average molecular weight is 251 g/mol. The van der Waals surface area contributed by atoms with Crippen LogP contribution in [-0.4, -0.2) is 15.3 Å². The minimum Gasteiger partial charge on any atom is -0.396 e. The highest BCUT2D eigenvalue weighted by molar-refractivity contribution is 6.07. The molecule has 0 aliphatic heterocycles. The molecule has 18 heavy (non-hydrogen) atoms. The summed E-state index contributed by atoms with van der Waals surface area (Å²) >= 11 is 0. The summed E-state index contributed by atoms with van der Waals surface area (Å²) < 4.78 is 28.1. The second-order valence-electron chi connectivity index (χ2n) is 3.72. The predicted molar refractivity (Wildman–Crippen MR) is 62.1 cm³/mol. The standard InChI is InChI=1S/C12H11F2N3O/c1-2-17-4-3-16-12(17)11(18)7-5-10(15)9(14)6-8(7)13/h3-6H,2,15H2,1H3. The highest BCUT2D eigenvalue weighted by atomic mass is 19.1. The Balaban J connectivity index is 2.50. The van der Waals surface area contributed by atoms with Gasteiger partial charge in [-0.05, 0) is 13.0 Å². The van der Waals surface area contributed by atoms with Crippen LogP contribution in [0.3, 0.4) is 0 Å². The van der Waals surface area contributed by atoms with Gasteiger partial charge in [0.1, 0.15) is 11.6 Å². The van der Waals surface area contributed by atoms with Gasteiger partial charge in [0.25, 0.3) is 0 Å². The minimum atomic E-state index is -0.947. The molecule has 0 saturated heterocycles. The lowest BCUT2D eigenvalue weighted by atomic mass is 10.1. The Morgan fingerprint density at radius 3 is 2.78 bits per heavy atom. The van der Waals surface area contributed by atoms with Crippen LogP contribution in [0.15, 0.2) is 24.5 Å². The number of nitrogen functional groups attached to an aromatic ring is 1. The molecule has 1 aromatic carbocycles. The molecule has 0 amide bonds. The van der Waals surface area contributed by atoms with Crippen LogP contribution in [0.2, 0.25) is 0 Å². The van der Waals surface area contributed by atoms with Crippen LogP contribution in [0.5, 0.6) is 0 Å². The molecule has 0 aliphatic carbocycles. The summed E-state index contributed by atoms with van der Waals surface area (Å²) in [5.74, 6) is -2.35. The fraction of sp³-hybridized carbons (Fsp3) is 0.167. The average Bonchev–Trinajstić information content (AvgIpc) is 2.81. The maximum absolute atomic E-state index is 13.6. The predicted octanol–water partition coefficient (Wildman–Crippen LogP) is 1.99. The first-order chi connectivity index (χ1) is 8.54. The zero-order valence-corrected chi connectivity index (χ0v) is 9.65. The summed E-state index contributed by atoms with van der Waals surface area (Å²) in [5.41, 5.74) is 4.78. The van der Waals surface area contributed by atoms with E-state index in [9.17, 15) is 13.6 Å². The van der Waals surface area contributed by atoms with Crippen molar-refractivity contribution < 1.29 is 13.6 Å². The molecule has 0 saturated carbocycles. The number of carbonyl (C=O) groups is 1. The molecule has 1 heterocycles. The van der Waals surface area contributed by atoms with Gasteiger partial charge in [-0.2, -0.15) is 0 Å². The number of halogens is 2. The van der Waals surface area contributed by atoms with Gasteiger partial charge in [0.05, 0.1) is 11.3 Å². The van der Waals surface area contributed by atoms with Crippen molar-refractivity contribution in [2.24, 2.45) is 0 Å². The van der Waals surface area contributed by atoms with E-state index in [-0.39, 0.29) is 17.1 Å². The monoisotopic (exact) mass is 251 g/mol. The molecule has 0 fully saturated rings. The molecule has 0 bridgehead atoms. The van der Waals surface area contributed by atoms with Gasteiger partial charge < -0.3 is 10.3 Å². The summed E-state index contributed by atoms with van der Waals surface area (Å²) in [6, 6.07) is 1.59. The molecule has 0 unspecified atom stereocenters. The van der Waals surface area contributed by atoms with Crippen molar-refractivity contribution >= 4 is 11.5 Å². The SMILES string of the molecule is CCn1ccnc1C(=O)c1cc(N)c(F)cc1F. The number of imidazole rings is 1. The van der Waals surface area contributed by atoms with E-state index < -0.39 is 17.4 Å². The van der Waals surface area contributed by atoms with Crippen LogP contribution < -0.4 is 5.73 Å². The van der Waals surface area contributed by atoms with Crippen molar-refractivity contribution in [2.75, 3.05) is 5.73 Å². The molecular weight excluding hydrogens is 240 g/mol. The number of nitrogens with zero attached hydrogens (tertiary/aromatic N) is 2. The Bertz CT molecular complexity index is 607. The molecule has 2 aromatic rings. The highest BCUT2D eigenvalue weighted by Gasteiger charge is 2.20. The van der Waals surface area contributed by atoms with Gasteiger partial charge in [-0.25, -0.2) is 13.8 Å². The molecule has 0 radical (unpaired) electrons. The fourth-order valence-electron chi connectivity index (χ4n) is 1.63. The van der Waals surface area contributed by atoms with E-state index in [1.807, 2.05) is 6.92 Å². The Morgan fingerprint density at radius 2 is 2.11 bits per heavy atom. The van der Waals surface area contributed by atoms with Crippen molar-refractivity contribution in [1.82, 2.24) is 9.55 Å². The van der Waals surface area contributed by atoms with Gasteiger partial charge in [-0.3, -0.25) is 4.79 Å². The molecule has 2 rings (SSSR count). The van der Waals surface area contributed by atoms with Gasteiger partial charge in [0.2, 0.25) is 5.78 Å². The normalized spacial score (nSPS) is 10.6. The molecule has 2 N–H and O–H groups in total. The number of rotatable bonds is 3. The number of hydrogen-bond donors (Lipinski definition) is 1. The Morgan fingerprint density at radius 1 is 1.39 bits per heavy atom. The number of ketones is 1. The van der Waals surface area contributed by atoms with Crippen molar-refractivity contribution in [3.63, 3.8) is 0 Å². The zero-order chi connectivity index (χ0) is 13.3. The number of aryl methyl sites for hydroxylation is 1. The molecule has 0 aliphatic rings. The van der Waals surface area contributed by atoms with E-state index in [1.54, 1.807) is 10.8 Å². The number of hydrogen-bond acceptors (Lipinski definition) is 3. The number of anilines is 1. The van der Waals surface area contributed by atoms with Crippen LogP contribution in [0.25, 0.3) is 0 Å². The van der Waals surface area contributed by atoms with Crippen LogP contribution in [0, 0.1) is 11.6 Å². The fourth-order valence-corrected chi connectivity index (χ4v) is 1.63. The van der Waals surface area contributed by atoms with Crippen LogP contribution in [0.1, 0.15) is 23.1 Å². The van der Waals surface area contributed by atoms with Crippen LogP contribution in [0.4, 0.5) is 14.5 Å². The maximum atomic E-state index is 13.6. The summed E-state index contributed by atoms with van der Waals surface area (Å²) in [4.78, 5) is 15.9. The summed E-state index contributed by atoms with van der Waals surface area (Å²) in [7, 11) is 0. The van der Waals surface area contributed by atoms with Crippen LogP contribution in [-0.2, 0) is 6.54 Å². The smallest absolute Gasteiger partial charge is 0.231 e. The number of nitrogens with two attached hydrogens (primary N) is 1. The topological polar surface area (TPSA) is 60.9 Å². The Labute approximate surface area is 102 Å². The van der Waals surface area contributed by atoms with Crippen molar-refractivity contribution in [2.45, 2.75) is 13.5 Å². The second kappa shape index (κ2) is 4.56. The molecule has 94 valence electrons. The van der Waals surface area contributed by atoms with Gasteiger partial charge in [-0.15, -0.1) is 0 Å². The first-order valence-electron chi connectivity index (χ1n) is 5.35. The molecule has 4 nitrogen and oxygen atoms in total. The van der Waals surface area contributed by atoms with Gasteiger partial charge >= 0.3 is 0 Å². The van der Waals surface area contributed by atoms with Gasteiger partial charge in [0.15, 0.2) is 5.82 Å². The Hall–Kier alpha value is -2.24. The number of benzene rings is 1. The van der Waals surface area contributed by atoms with E-state index in [0.717, 1.165) is 6.07 Å². The van der Waals surface area contributed by atoms with Gasteiger partial charge in [0, 0.05) is 25.0 Å².